The van der Waals surface area contributed by atoms with Crippen molar-refractivity contribution >= 4 is 28.8 Å². The summed E-state index contributed by atoms with van der Waals surface area (Å²) in [5.41, 5.74) is 2.08. The predicted octanol–water partition coefficient (Wildman–Crippen LogP) is 4.96. The lowest BCUT2D eigenvalue weighted by Crippen LogP contribution is -2.34. The molecule has 0 aliphatic heterocycles. The zero-order valence-corrected chi connectivity index (χ0v) is 14.8. The summed E-state index contributed by atoms with van der Waals surface area (Å²) in [7, 11) is 0. The topological polar surface area (TPSA) is 72.2 Å². The number of non-ortho nitro benzene ring substituents is 1. The zero-order chi connectivity index (χ0) is 18.7. The molecule has 2 aromatic rings. The van der Waals surface area contributed by atoms with Crippen molar-refractivity contribution in [2.24, 2.45) is 5.92 Å². The summed E-state index contributed by atoms with van der Waals surface area (Å²) in [6.45, 7) is 1.79. The van der Waals surface area contributed by atoms with Gasteiger partial charge in [-0.25, -0.2) is 0 Å². The predicted molar refractivity (Wildman–Crippen MR) is 102 cm³/mol. The number of nitrogens with one attached hydrogen (secondary N) is 1. The Balaban J connectivity index is 1.76. The van der Waals surface area contributed by atoms with E-state index < -0.39 is 15.7 Å². The third-order valence-electron chi connectivity index (χ3n) is 4.22. The van der Waals surface area contributed by atoms with Gasteiger partial charge in [0, 0.05) is 29.1 Å². The van der Waals surface area contributed by atoms with E-state index in [0.717, 1.165) is 5.70 Å². The Kier molecular flexibility index (Phi) is 4.91. The summed E-state index contributed by atoms with van der Waals surface area (Å²) in [5.74, 6) is -0.515. The van der Waals surface area contributed by atoms with Crippen LogP contribution in [-0.2, 0) is 0 Å². The van der Waals surface area contributed by atoms with E-state index >= 15 is 0 Å². The van der Waals surface area contributed by atoms with Gasteiger partial charge < -0.3 is 5.32 Å². The average Bonchev–Trinajstić information content (AvgIpc) is 2.62. The Labute approximate surface area is 156 Å². The number of alkyl halides is 1. The molecule has 132 valence electrons. The number of benzene rings is 2. The number of nitro groups is 1. The van der Waals surface area contributed by atoms with E-state index in [9.17, 15) is 14.9 Å². The molecule has 2 aromatic carbocycles. The maximum absolute atomic E-state index is 12.7. The van der Waals surface area contributed by atoms with Crippen LogP contribution in [0, 0.1) is 16.0 Å². The van der Waals surface area contributed by atoms with Crippen LogP contribution in [0.3, 0.4) is 0 Å². The molecule has 5 nitrogen and oxygen atoms in total. The number of allylic oxidation sites excluding steroid dienone is 3. The summed E-state index contributed by atoms with van der Waals surface area (Å²) < 4.78 is 0. The molecule has 0 spiro atoms. The SMILES string of the molecule is CC1(Cl)C=C(Nc2ccc([N+](=O)[O-])cc2)C=CC1C(=O)c1ccccc1. The molecule has 1 aliphatic carbocycles. The zero-order valence-electron chi connectivity index (χ0n) is 14.1. The third kappa shape index (κ3) is 3.83. The molecule has 26 heavy (non-hydrogen) atoms. The fraction of sp³-hybridized carbons (Fsp3) is 0.150. The molecule has 0 bridgehead atoms. The molecule has 2 atom stereocenters. The van der Waals surface area contributed by atoms with E-state index in [4.69, 9.17) is 11.6 Å². The fourth-order valence-corrected chi connectivity index (χ4v) is 3.16. The minimum Gasteiger partial charge on any atom is -0.356 e. The lowest BCUT2D eigenvalue weighted by atomic mass is 9.82. The summed E-state index contributed by atoms with van der Waals surface area (Å²) in [6.07, 6.45) is 5.38. The molecule has 0 aromatic heterocycles. The van der Waals surface area contributed by atoms with Gasteiger partial charge >= 0.3 is 0 Å². The van der Waals surface area contributed by atoms with Crippen molar-refractivity contribution in [2.75, 3.05) is 5.32 Å². The van der Waals surface area contributed by atoms with E-state index in [-0.39, 0.29) is 11.5 Å². The number of halogens is 1. The maximum Gasteiger partial charge on any atom is 0.269 e. The molecule has 0 heterocycles. The maximum atomic E-state index is 12.7. The molecule has 0 fully saturated rings. The van der Waals surface area contributed by atoms with Crippen LogP contribution in [0.2, 0.25) is 0 Å². The summed E-state index contributed by atoms with van der Waals surface area (Å²) in [6, 6.07) is 15.2. The van der Waals surface area contributed by atoms with Crippen molar-refractivity contribution in [3.63, 3.8) is 0 Å². The largest absolute Gasteiger partial charge is 0.356 e. The van der Waals surface area contributed by atoms with Gasteiger partial charge in [-0.15, -0.1) is 11.6 Å². The average molecular weight is 369 g/mol. The van der Waals surface area contributed by atoms with Crippen LogP contribution >= 0.6 is 11.6 Å². The second-order valence-electron chi connectivity index (χ2n) is 6.25. The number of nitro benzene ring substituents is 1. The first-order valence-corrected chi connectivity index (χ1v) is 8.45. The quantitative estimate of drug-likeness (QED) is 0.350. The molecule has 2 unspecified atom stereocenters. The van der Waals surface area contributed by atoms with E-state index in [0.29, 0.717) is 11.3 Å². The molecule has 0 saturated carbocycles. The highest BCUT2D eigenvalue weighted by atomic mass is 35.5. The van der Waals surface area contributed by atoms with Gasteiger partial charge in [0.05, 0.1) is 15.7 Å². The van der Waals surface area contributed by atoms with Crippen LogP contribution < -0.4 is 5.32 Å². The first-order chi connectivity index (χ1) is 12.4. The number of hydrogen-bond donors (Lipinski definition) is 1. The smallest absolute Gasteiger partial charge is 0.269 e. The Morgan fingerprint density at radius 3 is 2.38 bits per heavy atom. The molecule has 6 heteroatoms. The van der Waals surface area contributed by atoms with Gasteiger partial charge in [0.25, 0.3) is 5.69 Å². The minimum atomic E-state index is -0.884. The van der Waals surface area contributed by atoms with Crippen LogP contribution in [0.1, 0.15) is 17.3 Å². The van der Waals surface area contributed by atoms with Crippen LogP contribution in [0.4, 0.5) is 11.4 Å². The van der Waals surface area contributed by atoms with Crippen molar-refractivity contribution in [3.8, 4) is 0 Å². The monoisotopic (exact) mass is 368 g/mol. The van der Waals surface area contributed by atoms with Gasteiger partial charge in [-0.1, -0.05) is 36.4 Å². The first kappa shape index (κ1) is 17.9. The molecular formula is C20H17ClN2O3. The second kappa shape index (κ2) is 7.14. The molecule has 0 saturated heterocycles. The summed E-state index contributed by atoms with van der Waals surface area (Å²) in [5, 5.41) is 13.9. The van der Waals surface area contributed by atoms with E-state index in [1.807, 2.05) is 18.2 Å². The van der Waals surface area contributed by atoms with Crippen molar-refractivity contribution in [1.29, 1.82) is 0 Å². The number of hydrogen-bond acceptors (Lipinski definition) is 4. The summed E-state index contributed by atoms with van der Waals surface area (Å²) >= 11 is 6.63. The molecule has 0 amide bonds. The van der Waals surface area contributed by atoms with Crippen LogP contribution in [0.15, 0.2) is 78.5 Å². The second-order valence-corrected chi connectivity index (χ2v) is 7.06. The Morgan fingerprint density at radius 1 is 1.15 bits per heavy atom. The van der Waals surface area contributed by atoms with Crippen molar-refractivity contribution in [1.82, 2.24) is 0 Å². The number of carbonyl (C=O) groups excluding carboxylic acids is 1. The number of nitrogens with zero attached hydrogens (tertiary/aromatic N) is 1. The van der Waals surface area contributed by atoms with Crippen molar-refractivity contribution < 1.29 is 9.72 Å². The van der Waals surface area contributed by atoms with Gasteiger partial charge in [-0.3, -0.25) is 14.9 Å². The first-order valence-electron chi connectivity index (χ1n) is 8.07. The van der Waals surface area contributed by atoms with Crippen molar-refractivity contribution in [2.45, 2.75) is 11.8 Å². The van der Waals surface area contributed by atoms with Crippen LogP contribution in [-0.4, -0.2) is 15.6 Å². The third-order valence-corrected chi connectivity index (χ3v) is 4.57. The lowest BCUT2D eigenvalue weighted by molar-refractivity contribution is -0.384. The molecule has 3 rings (SSSR count). The van der Waals surface area contributed by atoms with Crippen molar-refractivity contribution in [3.05, 3.63) is 94.2 Å². The highest BCUT2D eigenvalue weighted by Crippen LogP contribution is 2.35. The highest BCUT2D eigenvalue weighted by Gasteiger charge is 2.36. The van der Waals surface area contributed by atoms with Gasteiger partial charge in [-0.2, -0.15) is 0 Å². The Hall–Kier alpha value is -2.92. The van der Waals surface area contributed by atoms with E-state index in [1.165, 1.54) is 12.1 Å². The highest BCUT2D eigenvalue weighted by molar-refractivity contribution is 6.28. The summed E-state index contributed by atoms with van der Waals surface area (Å²) in [4.78, 5) is 22.1. The molecule has 1 aliphatic rings. The van der Waals surface area contributed by atoms with E-state index in [1.54, 1.807) is 49.4 Å². The lowest BCUT2D eigenvalue weighted by Gasteiger charge is -2.30. The molecular weight excluding hydrogens is 352 g/mol. The molecule has 0 radical (unpaired) electrons. The standard InChI is InChI=1S/C20H17ClN2O3/c1-20(21)13-16(22-15-7-10-17(11-8-15)23(25)26)9-12-18(20)19(24)14-5-3-2-4-6-14/h2-13,18,22H,1H3. The number of anilines is 1. The Bertz CT molecular complexity index is 887. The number of carbonyl (C=O) groups is 1. The normalized spacial score (nSPS) is 21.8. The van der Waals surface area contributed by atoms with E-state index in [2.05, 4.69) is 5.32 Å². The fourth-order valence-electron chi connectivity index (χ4n) is 2.87. The van der Waals surface area contributed by atoms with Gasteiger partial charge in [0.1, 0.15) is 0 Å². The number of Topliss-reactive ketones (excluding diaryl/α,β-unsaturated/α-hetero) is 1. The van der Waals surface area contributed by atoms with Crippen LogP contribution in [0.5, 0.6) is 0 Å². The van der Waals surface area contributed by atoms with Crippen LogP contribution in [0.25, 0.3) is 0 Å². The number of rotatable bonds is 5. The van der Waals surface area contributed by atoms with Gasteiger partial charge in [-0.05, 0) is 31.2 Å². The minimum absolute atomic E-state index is 0.0272. The molecule has 1 N–H and O–H groups in total. The van der Waals surface area contributed by atoms with Gasteiger partial charge in [0.2, 0.25) is 0 Å². The number of ketones is 1. The van der Waals surface area contributed by atoms with Gasteiger partial charge in [0.15, 0.2) is 5.78 Å². The Morgan fingerprint density at radius 2 is 1.81 bits per heavy atom.